The summed E-state index contributed by atoms with van der Waals surface area (Å²) in [6.07, 6.45) is 0. The first kappa shape index (κ1) is 17.5. The third-order valence-corrected chi connectivity index (χ3v) is 3.18. The Balaban J connectivity index is 3.16. The number of aromatic nitrogens is 1. The molecule has 1 rings (SSSR count). The third-order valence-electron chi connectivity index (χ3n) is 3.18. The molecule has 0 radical (unpaired) electrons. The second kappa shape index (κ2) is 6.92. The quantitative estimate of drug-likeness (QED) is 0.902. The van der Waals surface area contributed by atoms with E-state index in [0.29, 0.717) is 11.5 Å². The number of nitrogens with zero attached hydrogens (tertiary/aromatic N) is 2. The van der Waals surface area contributed by atoms with Gasteiger partial charge in [0, 0.05) is 36.8 Å². The Labute approximate surface area is 129 Å². The highest BCUT2D eigenvalue weighted by atomic mass is 16.2. The molecule has 0 saturated heterocycles. The van der Waals surface area contributed by atoms with Gasteiger partial charge in [0.1, 0.15) is 5.82 Å². The number of hydrogen-bond donors (Lipinski definition) is 1. The van der Waals surface area contributed by atoms with E-state index in [-0.39, 0.29) is 11.3 Å². The summed E-state index contributed by atoms with van der Waals surface area (Å²) >= 11 is 0. The molecule has 1 amide bonds. The van der Waals surface area contributed by atoms with E-state index in [2.05, 4.69) is 44.9 Å². The van der Waals surface area contributed by atoms with Gasteiger partial charge in [0.2, 0.25) is 0 Å². The number of pyridine rings is 1. The van der Waals surface area contributed by atoms with Crippen LogP contribution in [-0.2, 0) is 5.41 Å². The number of hydrogen-bond acceptors (Lipinski definition) is 3. The average molecular weight is 291 g/mol. The number of nitrogens with one attached hydrogen (secondary N) is 1. The molecule has 1 aromatic rings. The molecule has 1 N–H and O–H groups in total. The van der Waals surface area contributed by atoms with Gasteiger partial charge in [-0.3, -0.25) is 4.79 Å². The summed E-state index contributed by atoms with van der Waals surface area (Å²) in [6, 6.07) is 3.76. The van der Waals surface area contributed by atoms with Crippen molar-refractivity contribution in [1.29, 1.82) is 0 Å². The smallest absolute Gasteiger partial charge is 0.253 e. The molecule has 0 fully saturated rings. The van der Waals surface area contributed by atoms with E-state index in [1.165, 1.54) is 0 Å². The Morgan fingerprint density at radius 3 is 2.43 bits per heavy atom. The molecular weight excluding hydrogens is 262 g/mol. The predicted octanol–water partition coefficient (Wildman–Crippen LogP) is 3.54. The maximum absolute atomic E-state index is 12.6. The van der Waals surface area contributed by atoms with Crippen LogP contribution in [0, 0.1) is 5.92 Å². The lowest BCUT2D eigenvalue weighted by Crippen LogP contribution is -2.30. The molecule has 0 aromatic carbocycles. The number of carbonyl (C=O) groups is 1. The van der Waals surface area contributed by atoms with Gasteiger partial charge in [-0.15, -0.1) is 0 Å². The zero-order valence-corrected chi connectivity index (χ0v) is 14.4. The van der Waals surface area contributed by atoms with Gasteiger partial charge in [-0.1, -0.05) is 34.6 Å². The van der Waals surface area contributed by atoms with E-state index in [4.69, 9.17) is 0 Å². The van der Waals surface area contributed by atoms with Crippen molar-refractivity contribution in [2.75, 3.05) is 25.5 Å². The van der Waals surface area contributed by atoms with Crippen molar-refractivity contribution in [3.05, 3.63) is 23.4 Å². The summed E-state index contributed by atoms with van der Waals surface area (Å²) in [6.45, 7) is 14.1. The minimum absolute atomic E-state index is 0.0516. The maximum atomic E-state index is 12.6. The van der Waals surface area contributed by atoms with Gasteiger partial charge >= 0.3 is 0 Å². The van der Waals surface area contributed by atoms with Gasteiger partial charge in [0.15, 0.2) is 0 Å². The summed E-state index contributed by atoms with van der Waals surface area (Å²) in [4.78, 5) is 19.0. The Hall–Kier alpha value is -1.58. The Morgan fingerprint density at radius 2 is 1.95 bits per heavy atom. The number of anilines is 1. The van der Waals surface area contributed by atoms with Crippen LogP contribution in [-0.4, -0.2) is 35.9 Å². The van der Waals surface area contributed by atoms with Crippen LogP contribution < -0.4 is 5.32 Å². The molecule has 0 saturated carbocycles. The van der Waals surface area contributed by atoms with E-state index in [0.717, 1.165) is 24.6 Å². The van der Waals surface area contributed by atoms with Crippen LogP contribution in [0.1, 0.15) is 57.6 Å². The fraction of sp³-hybridized carbons (Fsp3) is 0.647. The Kier molecular flexibility index (Phi) is 5.76. The van der Waals surface area contributed by atoms with Gasteiger partial charge in [0.05, 0.1) is 0 Å². The highest BCUT2D eigenvalue weighted by molar-refractivity contribution is 5.95. The highest BCUT2D eigenvalue weighted by Crippen LogP contribution is 2.24. The second-order valence-corrected chi connectivity index (χ2v) is 6.99. The molecule has 1 heterocycles. The van der Waals surface area contributed by atoms with Crippen molar-refractivity contribution in [1.82, 2.24) is 9.88 Å². The first-order valence-corrected chi connectivity index (χ1v) is 7.67. The average Bonchev–Trinajstić information content (AvgIpc) is 2.36. The fourth-order valence-corrected chi connectivity index (χ4v) is 2.16. The van der Waals surface area contributed by atoms with Gasteiger partial charge < -0.3 is 10.2 Å². The lowest BCUT2D eigenvalue weighted by Gasteiger charge is -2.23. The number of carbonyl (C=O) groups excluding carboxylic acids is 1. The summed E-state index contributed by atoms with van der Waals surface area (Å²) in [5, 5.41) is 3.21. The molecule has 0 aliphatic carbocycles. The Morgan fingerprint density at radius 1 is 1.33 bits per heavy atom. The van der Waals surface area contributed by atoms with Gasteiger partial charge in [-0.05, 0) is 25.0 Å². The van der Waals surface area contributed by atoms with Crippen molar-refractivity contribution in [2.24, 2.45) is 5.92 Å². The number of amides is 1. The molecule has 118 valence electrons. The molecule has 0 bridgehead atoms. The predicted molar refractivity (Wildman–Crippen MR) is 88.9 cm³/mol. The largest absolute Gasteiger partial charge is 0.370 e. The summed E-state index contributed by atoms with van der Waals surface area (Å²) in [5.74, 6) is 1.28. The van der Waals surface area contributed by atoms with Crippen molar-refractivity contribution < 1.29 is 4.79 Å². The zero-order valence-electron chi connectivity index (χ0n) is 14.4. The first-order chi connectivity index (χ1) is 9.65. The number of rotatable bonds is 5. The minimum atomic E-state index is -0.0862. The maximum Gasteiger partial charge on any atom is 0.253 e. The van der Waals surface area contributed by atoms with Crippen molar-refractivity contribution in [3.63, 3.8) is 0 Å². The highest BCUT2D eigenvalue weighted by Gasteiger charge is 2.21. The van der Waals surface area contributed by atoms with Crippen LogP contribution >= 0.6 is 0 Å². The monoisotopic (exact) mass is 291 g/mol. The summed E-state index contributed by atoms with van der Waals surface area (Å²) in [7, 11) is 1.85. The van der Waals surface area contributed by atoms with E-state index in [9.17, 15) is 4.79 Å². The lowest BCUT2D eigenvalue weighted by molar-refractivity contribution is 0.0779. The molecule has 0 unspecified atom stereocenters. The van der Waals surface area contributed by atoms with Crippen LogP contribution in [0.25, 0.3) is 0 Å². The van der Waals surface area contributed by atoms with Crippen LogP contribution in [0.2, 0.25) is 0 Å². The van der Waals surface area contributed by atoms with Crippen LogP contribution in [0.15, 0.2) is 12.1 Å². The summed E-state index contributed by atoms with van der Waals surface area (Å²) in [5.41, 5.74) is 1.55. The lowest BCUT2D eigenvalue weighted by atomic mass is 9.90. The van der Waals surface area contributed by atoms with E-state index >= 15 is 0 Å². The SMILES string of the molecule is CCNc1cc(C(=O)N(C)CC(C)C)cc(C(C)(C)C)n1. The molecule has 4 heteroatoms. The van der Waals surface area contributed by atoms with Gasteiger partial charge in [0.25, 0.3) is 5.91 Å². The third kappa shape index (κ3) is 5.03. The molecule has 0 spiro atoms. The summed E-state index contributed by atoms with van der Waals surface area (Å²) < 4.78 is 0. The van der Waals surface area contributed by atoms with E-state index < -0.39 is 0 Å². The van der Waals surface area contributed by atoms with Crippen LogP contribution in [0.3, 0.4) is 0 Å². The zero-order chi connectivity index (χ0) is 16.2. The second-order valence-electron chi connectivity index (χ2n) is 6.99. The normalized spacial score (nSPS) is 11.6. The molecule has 0 aliphatic rings. The molecule has 4 nitrogen and oxygen atoms in total. The molecule has 1 aromatic heterocycles. The minimum Gasteiger partial charge on any atom is -0.370 e. The van der Waals surface area contributed by atoms with Crippen molar-refractivity contribution >= 4 is 11.7 Å². The van der Waals surface area contributed by atoms with Gasteiger partial charge in [-0.25, -0.2) is 4.98 Å². The van der Waals surface area contributed by atoms with Crippen LogP contribution in [0.4, 0.5) is 5.82 Å². The van der Waals surface area contributed by atoms with Crippen molar-refractivity contribution in [3.8, 4) is 0 Å². The molecule has 21 heavy (non-hydrogen) atoms. The standard InChI is InChI=1S/C17H29N3O/c1-8-18-15-10-13(9-14(19-15)17(4,5)6)16(21)20(7)11-12(2)3/h9-10,12H,8,11H2,1-7H3,(H,18,19). The van der Waals surface area contributed by atoms with Gasteiger partial charge in [-0.2, -0.15) is 0 Å². The van der Waals surface area contributed by atoms with E-state index in [1.807, 2.05) is 26.1 Å². The Bertz CT molecular complexity index is 489. The topological polar surface area (TPSA) is 45.2 Å². The fourth-order valence-electron chi connectivity index (χ4n) is 2.16. The molecular formula is C17H29N3O. The molecule has 0 aliphatic heterocycles. The van der Waals surface area contributed by atoms with Crippen LogP contribution in [0.5, 0.6) is 0 Å². The van der Waals surface area contributed by atoms with Crippen molar-refractivity contribution in [2.45, 2.75) is 47.0 Å². The molecule has 0 atom stereocenters. The van der Waals surface area contributed by atoms with E-state index in [1.54, 1.807) is 4.90 Å². The first-order valence-electron chi connectivity index (χ1n) is 7.67.